The number of nitrogens with zero attached hydrogens (tertiary/aromatic N) is 2. The summed E-state index contributed by atoms with van der Waals surface area (Å²) < 4.78 is 29.4. The number of fused-ring (bicyclic) bond motifs is 1. The van der Waals surface area contributed by atoms with Crippen LogP contribution in [0.15, 0.2) is 35.7 Å². The molecule has 0 saturated carbocycles. The number of rotatable bonds is 6. The maximum absolute atomic E-state index is 12.6. The van der Waals surface area contributed by atoms with Crippen molar-refractivity contribution in [1.29, 1.82) is 0 Å². The molecule has 1 aliphatic carbocycles. The predicted octanol–water partition coefficient (Wildman–Crippen LogP) is 1.05. The first-order chi connectivity index (χ1) is 11.0. The number of aromatic nitrogens is 2. The molecule has 0 atom stereocenters. The molecule has 0 bridgehead atoms. The smallest absolute Gasteiger partial charge is 0.335 e. The van der Waals surface area contributed by atoms with Gasteiger partial charge in [-0.2, -0.15) is 0 Å². The Morgan fingerprint density at radius 2 is 2.17 bits per heavy atom. The summed E-state index contributed by atoms with van der Waals surface area (Å²) in [5, 5.41) is 9.18. The molecule has 0 spiro atoms. The Hall–Kier alpha value is -2.19. The molecule has 2 N–H and O–H groups in total. The van der Waals surface area contributed by atoms with Crippen LogP contribution in [0, 0.1) is 0 Å². The van der Waals surface area contributed by atoms with Gasteiger partial charge >= 0.3 is 5.97 Å². The minimum atomic E-state index is -3.74. The van der Waals surface area contributed by atoms with Crippen LogP contribution in [-0.4, -0.2) is 35.6 Å². The molecule has 0 saturated heterocycles. The summed E-state index contributed by atoms with van der Waals surface area (Å²) in [7, 11) is -3.74. The summed E-state index contributed by atoms with van der Waals surface area (Å²) >= 11 is 0. The number of aromatic carboxylic acids is 1. The zero-order valence-electron chi connectivity index (χ0n) is 12.4. The van der Waals surface area contributed by atoms with Crippen molar-refractivity contribution in [2.24, 2.45) is 0 Å². The molecule has 0 fully saturated rings. The molecule has 2 aromatic rings. The Kier molecular flexibility index (Phi) is 4.18. The van der Waals surface area contributed by atoms with E-state index in [1.54, 1.807) is 29.4 Å². The van der Waals surface area contributed by atoms with Gasteiger partial charge in [0, 0.05) is 25.5 Å². The van der Waals surface area contributed by atoms with Crippen LogP contribution >= 0.6 is 0 Å². The van der Waals surface area contributed by atoms with Crippen LogP contribution < -0.4 is 4.72 Å². The summed E-state index contributed by atoms with van der Waals surface area (Å²) in [6, 6.07) is 2.83. The first kappa shape index (κ1) is 15.7. The highest BCUT2D eigenvalue weighted by Crippen LogP contribution is 2.30. The minimum Gasteiger partial charge on any atom is -0.478 e. The van der Waals surface area contributed by atoms with Gasteiger partial charge in [0.2, 0.25) is 10.0 Å². The highest BCUT2D eigenvalue weighted by molar-refractivity contribution is 7.89. The minimum absolute atomic E-state index is 0.0145. The van der Waals surface area contributed by atoms with Gasteiger partial charge in [0.1, 0.15) is 0 Å². The van der Waals surface area contributed by atoms with Crippen molar-refractivity contribution in [2.45, 2.75) is 30.7 Å². The third-order valence-electron chi connectivity index (χ3n) is 3.93. The lowest BCUT2D eigenvalue weighted by molar-refractivity contribution is 0.0696. The Morgan fingerprint density at radius 3 is 2.87 bits per heavy atom. The number of benzene rings is 1. The lowest BCUT2D eigenvalue weighted by Crippen LogP contribution is -2.28. The van der Waals surface area contributed by atoms with Gasteiger partial charge in [-0.3, -0.25) is 0 Å². The molecule has 0 unspecified atom stereocenters. The van der Waals surface area contributed by atoms with E-state index < -0.39 is 16.0 Å². The van der Waals surface area contributed by atoms with E-state index in [1.165, 1.54) is 6.07 Å². The zero-order chi connectivity index (χ0) is 16.4. The number of carboxylic acid groups (broad SMARTS) is 1. The molecule has 1 aromatic carbocycles. The second-order valence-corrected chi connectivity index (χ2v) is 7.20. The number of hydrogen-bond donors (Lipinski definition) is 2. The quantitative estimate of drug-likeness (QED) is 0.821. The number of nitrogens with one attached hydrogen (secondary N) is 1. The second-order valence-electron chi connectivity index (χ2n) is 5.47. The topological polar surface area (TPSA) is 101 Å². The first-order valence-electron chi connectivity index (χ1n) is 7.32. The van der Waals surface area contributed by atoms with Crippen LogP contribution in [0.3, 0.4) is 0 Å². The molecule has 23 heavy (non-hydrogen) atoms. The highest BCUT2D eigenvalue weighted by atomic mass is 32.2. The number of sulfonamides is 1. The van der Waals surface area contributed by atoms with E-state index in [0.29, 0.717) is 19.4 Å². The zero-order valence-corrected chi connectivity index (χ0v) is 13.2. The normalized spacial score (nSPS) is 13.9. The third-order valence-corrected chi connectivity index (χ3v) is 5.46. The predicted molar refractivity (Wildman–Crippen MR) is 82.8 cm³/mol. The average Bonchev–Trinajstić information content (AvgIpc) is 3.16. The van der Waals surface area contributed by atoms with Crippen molar-refractivity contribution in [3.8, 4) is 0 Å². The van der Waals surface area contributed by atoms with Crippen molar-refractivity contribution in [3.05, 3.63) is 47.5 Å². The van der Waals surface area contributed by atoms with Gasteiger partial charge in [0.25, 0.3) is 0 Å². The van der Waals surface area contributed by atoms with Crippen LogP contribution in [0.5, 0.6) is 0 Å². The highest BCUT2D eigenvalue weighted by Gasteiger charge is 2.25. The fourth-order valence-corrected chi connectivity index (χ4v) is 4.19. The fraction of sp³-hybridized carbons (Fsp3) is 0.333. The van der Waals surface area contributed by atoms with E-state index >= 15 is 0 Å². The monoisotopic (exact) mass is 335 g/mol. The molecule has 0 amide bonds. The lowest BCUT2D eigenvalue weighted by Gasteiger charge is -2.12. The molecule has 1 aliphatic rings. The van der Waals surface area contributed by atoms with Crippen molar-refractivity contribution in [3.63, 3.8) is 0 Å². The van der Waals surface area contributed by atoms with Gasteiger partial charge in [0.05, 0.1) is 16.8 Å². The maximum atomic E-state index is 12.6. The van der Waals surface area contributed by atoms with Crippen LogP contribution in [0.25, 0.3) is 0 Å². The fourth-order valence-electron chi connectivity index (χ4n) is 2.83. The van der Waals surface area contributed by atoms with Crippen LogP contribution in [0.2, 0.25) is 0 Å². The molecule has 7 nitrogen and oxygen atoms in total. The van der Waals surface area contributed by atoms with Crippen molar-refractivity contribution in [2.75, 3.05) is 6.54 Å². The largest absolute Gasteiger partial charge is 0.478 e. The van der Waals surface area contributed by atoms with E-state index in [2.05, 4.69) is 9.71 Å². The lowest BCUT2D eigenvalue weighted by atomic mass is 10.1. The summed E-state index contributed by atoms with van der Waals surface area (Å²) in [5.74, 6) is -1.12. The molecular formula is C15H17N3O4S. The first-order valence-corrected chi connectivity index (χ1v) is 8.80. The molecule has 8 heteroatoms. The number of aryl methyl sites for hydroxylation is 1. The van der Waals surface area contributed by atoms with E-state index in [1.807, 2.05) is 0 Å². The molecule has 122 valence electrons. The summed E-state index contributed by atoms with van der Waals surface area (Å²) in [6.45, 7) is 0.671. The Balaban J connectivity index is 1.85. The Morgan fingerprint density at radius 1 is 1.35 bits per heavy atom. The summed E-state index contributed by atoms with van der Waals surface area (Å²) in [4.78, 5) is 15.2. The summed E-state index contributed by atoms with van der Waals surface area (Å²) in [6.07, 6.45) is 7.20. The number of carbonyl (C=O) groups is 1. The molecule has 0 aliphatic heterocycles. The number of carboxylic acids is 1. The van der Waals surface area contributed by atoms with Crippen molar-refractivity contribution < 1.29 is 18.3 Å². The SMILES string of the molecule is O=C(O)c1cc2c(c(S(=O)(=O)NCCn3ccnc3)c1)CCC2. The third kappa shape index (κ3) is 3.27. The average molecular weight is 335 g/mol. The van der Waals surface area contributed by atoms with Crippen molar-refractivity contribution >= 4 is 16.0 Å². The summed E-state index contributed by atoms with van der Waals surface area (Å²) in [5.41, 5.74) is 1.57. The van der Waals surface area contributed by atoms with Gasteiger partial charge < -0.3 is 9.67 Å². The standard InChI is InChI=1S/C15H17N3O4S/c19-15(20)12-8-11-2-1-3-13(11)14(9-12)23(21,22)17-5-7-18-6-4-16-10-18/h4,6,8-10,17H,1-3,5,7H2,(H,19,20). The van der Waals surface area contributed by atoms with Gasteiger partial charge in [-0.1, -0.05) is 0 Å². The van der Waals surface area contributed by atoms with E-state index in [0.717, 1.165) is 17.5 Å². The van der Waals surface area contributed by atoms with Crippen molar-refractivity contribution in [1.82, 2.24) is 14.3 Å². The van der Waals surface area contributed by atoms with Gasteiger partial charge in [0.15, 0.2) is 0 Å². The van der Waals surface area contributed by atoms with Gasteiger partial charge in [-0.25, -0.2) is 22.9 Å². The van der Waals surface area contributed by atoms with Crippen LogP contribution in [0.1, 0.15) is 27.9 Å². The van der Waals surface area contributed by atoms with E-state index in [-0.39, 0.29) is 17.0 Å². The molecule has 1 heterocycles. The second kappa shape index (κ2) is 6.13. The Bertz CT molecular complexity index is 829. The molecule has 3 rings (SSSR count). The van der Waals surface area contributed by atoms with E-state index in [9.17, 15) is 18.3 Å². The number of imidazole rings is 1. The molecule has 0 radical (unpaired) electrons. The molecule has 1 aromatic heterocycles. The number of hydrogen-bond acceptors (Lipinski definition) is 4. The van der Waals surface area contributed by atoms with E-state index in [4.69, 9.17) is 0 Å². The van der Waals surface area contributed by atoms with Gasteiger partial charge in [-0.05, 0) is 42.5 Å². The van der Waals surface area contributed by atoms with Gasteiger partial charge in [-0.15, -0.1) is 0 Å². The molecular weight excluding hydrogens is 318 g/mol. The van der Waals surface area contributed by atoms with Crippen LogP contribution in [0.4, 0.5) is 0 Å². The van der Waals surface area contributed by atoms with Crippen LogP contribution in [-0.2, 0) is 29.4 Å². The Labute approximate surface area is 134 Å². The maximum Gasteiger partial charge on any atom is 0.335 e.